The van der Waals surface area contributed by atoms with Crippen LogP contribution in [0.5, 0.6) is 0 Å². The van der Waals surface area contributed by atoms with Gasteiger partial charge in [0.15, 0.2) is 6.10 Å². The van der Waals surface area contributed by atoms with Crippen LogP contribution in [0.4, 0.5) is 0 Å². The Labute approximate surface area is 337 Å². The Morgan fingerprint density at radius 1 is 0.564 bits per heavy atom. The molecule has 320 valence electrons. The number of carbonyl (C=O) groups is 2. The van der Waals surface area contributed by atoms with Crippen LogP contribution in [-0.4, -0.2) is 70.0 Å². The zero-order valence-corrected chi connectivity index (χ0v) is 36.8. The number of likely N-dealkylation sites (N-methyl/N-ethyl adjacent to an activating group) is 1. The van der Waals surface area contributed by atoms with Crippen molar-refractivity contribution >= 4 is 19.8 Å². The van der Waals surface area contributed by atoms with Gasteiger partial charge in [0, 0.05) is 12.8 Å². The normalized spacial score (nSPS) is 14.1. The van der Waals surface area contributed by atoms with Crippen molar-refractivity contribution in [1.29, 1.82) is 0 Å². The summed E-state index contributed by atoms with van der Waals surface area (Å²) in [5, 5.41) is 0. The number of phosphoric ester groups is 1. The molecule has 1 unspecified atom stereocenters. The van der Waals surface area contributed by atoms with E-state index in [0.29, 0.717) is 23.9 Å². The minimum absolute atomic E-state index is 0.0376. The molecular formula is C45H82NO8P. The van der Waals surface area contributed by atoms with Gasteiger partial charge < -0.3 is 27.9 Å². The first kappa shape index (κ1) is 53.0. The van der Waals surface area contributed by atoms with Gasteiger partial charge in [0.2, 0.25) is 0 Å². The molecule has 9 nitrogen and oxygen atoms in total. The summed E-state index contributed by atoms with van der Waals surface area (Å²) in [5.74, 6) is -0.872. The highest BCUT2D eigenvalue weighted by molar-refractivity contribution is 7.45. The smallest absolute Gasteiger partial charge is 0.306 e. The Kier molecular flexibility index (Phi) is 36.2. The lowest BCUT2D eigenvalue weighted by Gasteiger charge is -2.28. The van der Waals surface area contributed by atoms with Crippen LogP contribution in [-0.2, 0) is 32.7 Å². The second-order valence-electron chi connectivity index (χ2n) is 15.7. The molecule has 2 atom stereocenters. The van der Waals surface area contributed by atoms with Crippen molar-refractivity contribution < 1.29 is 42.1 Å². The maximum absolute atomic E-state index is 12.7. The van der Waals surface area contributed by atoms with Crippen molar-refractivity contribution in [2.75, 3.05) is 47.5 Å². The lowest BCUT2D eigenvalue weighted by Crippen LogP contribution is -2.37. The zero-order valence-electron chi connectivity index (χ0n) is 35.9. The molecule has 10 heteroatoms. The van der Waals surface area contributed by atoms with Crippen LogP contribution in [0.1, 0.15) is 174 Å². The fraction of sp³-hybridized carbons (Fsp3) is 0.778. The quantitative estimate of drug-likeness (QED) is 0.0199. The molecule has 0 rings (SSSR count). The standard InChI is InChI=1S/C45H82NO8P/c1-6-8-10-12-14-16-18-20-22-23-24-26-27-29-31-33-35-37-44(47)51-41-43(42-53-55(49,50)52-40-39-46(3,4)5)54-45(48)38-36-34-32-30-28-25-21-19-17-15-13-11-9-7-2/h14,16,19-22,24,26,43H,6-13,15,17-18,23,25,27-42H2,1-5H3/b16-14-,21-19-,22-20-,26-24-/t43-/m1/s1. The Hall–Kier alpha value is -2.03. The minimum atomic E-state index is -4.63. The molecule has 0 aromatic heterocycles. The first-order valence-corrected chi connectivity index (χ1v) is 23.3. The van der Waals surface area contributed by atoms with Gasteiger partial charge in [-0.15, -0.1) is 0 Å². The number of quaternary nitrogens is 1. The molecule has 0 aliphatic carbocycles. The molecule has 0 fully saturated rings. The van der Waals surface area contributed by atoms with E-state index in [2.05, 4.69) is 62.5 Å². The molecule has 0 aromatic carbocycles. The molecule has 0 aliphatic heterocycles. The van der Waals surface area contributed by atoms with Gasteiger partial charge in [0.05, 0.1) is 27.7 Å². The van der Waals surface area contributed by atoms with Gasteiger partial charge in [0.1, 0.15) is 19.8 Å². The third kappa shape index (κ3) is 41.4. The van der Waals surface area contributed by atoms with Gasteiger partial charge in [0.25, 0.3) is 7.82 Å². The summed E-state index contributed by atoms with van der Waals surface area (Å²) in [7, 11) is 1.14. The third-order valence-corrected chi connectivity index (χ3v) is 10.0. The Bertz CT molecular complexity index is 1080. The second-order valence-corrected chi connectivity index (χ2v) is 17.1. The van der Waals surface area contributed by atoms with Crippen LogP contribution in [0.2, 0.25) is 0 Å². The molecule has 0 bridgehead atoms. The van der Waals surface area contributed by atoms with Crippen molar-refractivity contribution in [3.63, 3.8) is 0 Å². The molecule has 0 aliphatic rings. The average Bonchev–Trinajstić information content (AvgIpc) is 3.13. The van der Waals surface area contributed by atoms with E-state index in [1.165, 1.54) is 64.2 Å². The van der Waals surface area contributed by atoms with Crippen LogP contribution in [0, 0.1) is 0 Å². The summed E-state index contributed by atoms with van der Waals surface area (Å²) >= 11 is 0. The van der Waals surface area contributed by atoms with E-state index in [9.17, 15) is 19.0 Å². The lowest BCUT2D eigenvalue weighted by molar-refractivity contribution is -0.870. The topological polar surface area (TPSA) is 111 Å². The number of ether oxygens (including phenoxy) is 2. The first-order chi connectivity index (χ1) is 26.5. The predicted octanol–water partition coefficient (Wildman–Crippen LogP) is 11.7. The lowest BCUT2D eigenvalue weighted by atomic mass is 10.1. The molecule has 0 amide bonds. The van der Waals surface area contributed by atoms with E-state index in [1.54, 1.807) is 0 Å². The summed E-state index contributed by atoms with van der Waals surface area (Å²) in [6.07, 6.45) is 42.7. The maximum Gasteiger partial charge on any atom is 0.306 e. The van der Waals surface area contributed by atoms with Gasteiger partial charge in [-0.05, 0) is 77.0 Å². The zero-order chi connectivity index (χ0) is 40.7. The van der Waals surface area contributed by atoms with Crippen LogP contribution in [0.25, 0.3) is 0 Å². The highest BCUT2D eigenvalue weighted by Gasteiger charge is 2.21. The number of phosphoric acid groups is 1. The largest absolute Gasteiger partial charge is 0.756 e. The highest BCUT2D eigenvalue weighted by atomic mass is 31.2. The first-order valence-electron chi connectivity index (χ1n) is 21.8. The van der Waals surface area contributed by atoms with Crippen molar-refractivity contribution in [3.05, 3.63) is 48.6 Å². The van der Waals surface area contributed by atoms with E-state index in [-0.39, 0.29) is 26.1 Å². The van der Waals surface area contributed by atoms with Crippen LogP contribution in [0.3, 0.4) is 0 Å². The van der Waals surface area contributed by atoms with E-state index in [4.69, 9.17) is 18.5 Å². The molecule has 0 spiro atoms. The number of unbranched alkanes of at least 4 members (excludes halogenated alkanes) is 17. The molecule has 0 saturated heterocycles. The molecule has 0 radical (unpaired) electrons. The van der Waals surface area contributed by atoms with Gasteiger partial charge in [-0.3, -0.25) is 14.2 Å². The minimum Gasteiger partial charge on any atom is -0.756 e. The Balaban J connectivity index is 4.42. The van der Waals surface area contributed by atoms with Crippen LogP contribution < -0.4 is 4.89 Å². The summed E-state index contributed by atoms with van der Waals surface area (Å²) < 4.78 is 33.8. The summed E-state index contributed by atoms with van der Waals surface area (Å²) in [5.41, 5.74) is 0. The van der Waals surface area contributed by atoms with E-state index < -0.39 is 32.5 Å². The summed E-state index contributed by atoms with van der Waals surface area (Å²) in [4.78, 5) is 37.5. The number of hydrogen-bond acceptors (Lipinski definition) is 8. The third-order valence-electron chi connectivity index (χ3n) is 9.07. The van der Waals surface area contributed by atoms with Gasteiger partial charge >= 0.3 is 11.9 Å². The SMILES string of the molecule is CCCCC/C=C\C/C=C\C/C=C\CCCCCCC(=O)OC[C@H](COP(=O)([O-])OCC[N+](C)(C)C)OC(=O)CCCCCCC/C=C\CCCCCCC. The number of esters is 2. The van der Waals surface area contributed by atoms with Gasteiger partial charge in [-0.2, -0.15) is 0 Å². The highest BCUT2D eigenvalue weighted by Crippen LogP contribution is 2.38. The molecule has 0 N–H and O–H groups in total. The molecule has 55 heavy (non-hydrogen) atoms. The summed E-state index contributed by atoms with van der Waals surface area (Å²) in [6, 6.07) is 0. The second kappa shape index (κ2) is 37.5. The number of hydrogen-bond donors (Lipinski definition) is 0. The Morgan fingerprint density at radius 2 is 0.982 bits per heavy atom. The number of rotatable bonds is 39. The maximum atomic E-state index is 12.7. The van der Waals surface area contributed by atoms with Crippen LogP contribution in [0.15, 0.2) is 48.6 Å². The van der Waals surface area contributed by atoms with Gasteiger partial charge in [-0.1, -0.05) is 133 Å². The van der Waals surface area contributed by atoms with E-state index in [0.717, 1.165) is 70.6 Å². The molecule has 0 saturated carbocycles. The van der Waals surface area contributed by atoms with E-state index in [1.807, 2.05) is 21.1 Å². The van der Waals surface area contributed by atoms with E-state index >= 15 is 0 Å². The number of nitrogens with zero attached hydrogens (tertiary/aromatic N) is 1. The van der Waals surface area contributed by atoms with Crippen LogP contribution >= 0.6 is 7.82 Å². The fourth-order valence-electron chi connectivity index (χ4n) is 5.60. The van der Waals surface area contributed by atoms with Gasteiger partial charge in [-0.25, -0.2) is 0 Å². The fourth-order valence-corrected chi connectivity index (χ4v) is 6.32. The van der Waals surface area contributed by atoms with Crippen molar-refractivity contribution in [3.8, 4) is 0 Å². The summed E-state index contributed by atoms with van der Waals surface area (Å²) in [6.45, 7) is 4.14. The monoisotopic (exact) mass is 796 g/mol. The number of carbonyl (C=O) groups excluding carboxylic acids is 2. The molecule has 0 heterocycles. The molecular weight excluding hydrogens is 713 g/mol. The van der Waals surface area contributed by atoms with Crippen molar-refractivity contribution in [2.45, 2.75) is 180 Å². The predicted molar refractivity (Wildman–Crippen MR) is 227 cm³/mol. The molecule has 0 aromatic rings. The number of allylic oxidation sites excluding steroid dienone is 8. The van der Waals surface area contributed by atoms with Crippen molar-refractivity contribution in [1.82, 2.24) is 0 Å². The van der Waals surface area contributed by atoms with Crippen molar-refractivity contribution in [2.24, 2.45) is 0 Å². The Morgan fingerprint density at radius 3 is 1.51 bits per heavy atom. The average molecular weight is 796 g/mol.